The van der Waals surface area contributed by atoms with Crippen LogP contribution in [0.3, 0.4) is 0 Å². The number of nitrogens with one attached hydrogen (secondary N) is 1. The van der Waals surface area contributed by atoms with E-state index in [-0.39, 0.29) is 0 Å². The van der Waals surface area contributed by atoms with Gasteiger partial charge in [-0.1, -0.05) is 12.1 Å². The van der Waals surface area contributed by atoms with Crippen molar-refractivity contribution in [2.75, 3.05) is 5.32 Å². The van der Waals surface area contributed by atoms with Crippen LogP contribution in [-0.2, 0) is 4.79 Å². The van der Waals surface area contributed by atoms with Crippen LogP contribution in [0.25, 0.3) is 0 Å². The molecule has 21 heavy (non-hydrogen) atoms. The summed E-state index contributed by atoms with van der Waals surface area (Å²) in [6, 6.07) is 11.0. The third-order valence-corrected chi connectivity index (χ3v) is 2.97. The SMILES string of the molecule is NC(=O)c1ccc(NC(C(N)=O)c2ccc(F)cc2)cc1. The van der Waals surface area contributed by atoms with Gasteiger partial charge in [0.25, 0.3) is 0 Å². The average molecular weight is 287 g/mol. The van der Waals surface area contributed by atoms with E-state index in [9.17, 15) is 14.0 Å². The molecule has 2 aromatic rings. The molecule has 5 nitrogen and oxygen atoms in total. The van der Waals surface area contributed by atoms with Gasteiger partial charge in [-0.25, -0.2) is 4.39 Å². The first kappa shape index (κ1) is 14.5. The molecule has 1 atom stereocenters. The van der Waals surface area contributed by atoms with Crippen LogP contribution in [0.4, 0.5) is 10.1 Å². The van der Waals surface area contributed by atoms with E-state index in [1.54, 1.807) is 12.1 Å². The van der Waals surface area contributed by atoms with Crippen molar-refractivity contribution < 1.29 is 14.0 Å². The summed E-state index contributed by atoms with van der Waals surface area (Å²) in [5.41, 5.74) is 12.0. The number of carbonyl (C=O) groups excluding carboxylic acids is 2. The van der Waals surface area contributed by atoms with Crippen LogP contribution in [0.1, 0.15) is 22.0 Å². The first-order valence-electron chi connectivity index (χ1n) is 6.18. The molecule has 6 heteroatoms. The molecule has 0 bridgehead atoms. The number of primary amides is 2. The summed E-state index contributed by atoms with van der Waals surface area (Å²) in [6.07, 6.45) is 0. The van der Waals surface area contributed by atoms with E-state index in [0.29, 0.717) is 16.8 Å². The molecule has 0 aliphatic carbocycles. The van der Waals surface area contributed by atoms with Crippen molar-refractivity contribution in [2.24, 2.45) is 11.5 Å². The third kappa shape index (κ3) is 3.56. The lowest BCUT2D eigenvalue weighted by atomic mass is 10.1. The van der Waals surface area contributed by atoms with Crippen LogP contribution in [-0.4, -0.2) is 11.8 Å². The number of rotatable bonds is 5. The molecule has 2 aromatic carbocycles. The quantitative estimate of drug-likeness (QED) is 0.778. The van der Waals surface area contributed by atoms with Gasteiger partial charge in [-0.05, 0) is 42.0 Å². The number of halogens is 1. The highest BCUT2D eigenvalue weighted by Gasteiger charge is 2.17. The lowest BCUT2D eigenvalue weighted by Crippen LogP contribution is -2.27. The van der Waals surface area contributed by atoms with E-state index >= 15 is 0 Å². The van der Waals surface area contributed by atoms with Gasteiger partial charge in [-0.2, -0.15) is 0 Å². The van der Waals surface area contributed by atoms with Crippen LogP contribution < -0.4 is 16.8 Å². The molecule has 5 N–H and O–H groups in total. The second-order valence-electron chi connectivity index (χ2n) is 4.47. The Morgan fingerprint density at radius 1 is 0.952 bits per heavy atom. The van der Waals surface area contributed by atoms with E-state index in [1.807, 2.05) is 0 Å². The predicted octanol–water partition coefficient (Wildman–Crippen LogP) is 1.56. The van der Waals surface area contributed by atoms with Crippen molar-refractivity contribution in [3.63, 3.8) is 0 Å². The van der Waals surface area contributed by atoms with E-state index in [0.717, 1.165) is 0 Å². The second kappa shape index (κ2) is 6.04. The number of hydrogen-bond donors (Lipinski definition) is 3. The number of amides is 2. The number of benzene rings is 2. The normalized spacial score (nSPS) is 11.7. The molecule has 0 spiro atoms. The fourth-order valence-electron chi connectivity index (χ4n) is 1.87. The molecule has 0 aliphatic heterocycles. The maximum Gasteiger partial charge on any atom is 0.248 e. The van der Waals surface area contributed by atoms with Crippen molar-refractivity contribution in [2.45, 2.75) is 6.04 Å². The van der Waals surface area contributed by atoms with E-state index < -0.39 is 23.7 Å². The molecule has 0 saturated carbocycles. The average Bonchev–Trinajstić information content (AvgIpc) is 2.46. The number of hydrogen-bond acceptors (Lipinski definition) is 3. The van der Waals surface area contributed by atoms with Crippen LogP contribution in [0.5, 0.6) is 0 Å². The van der Waals surface area contributed by atoms with Crippen LogP contribution >= 0.6 is 0 Å². The monoisotopic (exact) mass is 287 g/mol. The Balaban J connectivity index is 2.22. The summed E-state index contributed by atoms with van der Waals surface area (Å²) in [5.74, 6) is -1.53. The van der Waals surface area contributed by atoms with Gasteiger partial charge in [0.15, 0.2) is 0 Å². The van der Waals surface area contributed by atoms with Gasteiger partial charge in [0.05, 0.1) is 0 Å². The Hall–Kier alpha value is -2.89. The highest BCUT2D eigenvalue weighted by molar-refractivity contribution is 5.93. The zero-order valence-corrected chi connectivity index (χ0v) is 11.0. The maximum atomic E-state index is 12.9. The molecular weight excluding hydrogens is 273 g/mol. The molecule has 0 aliphatic rings. The van der Waals surface area contributed by atoms with Crippen molar-refractivity contribution in [1.29, 1.82) is 0 Å². The van der Waals surface area contributed by atoms with Crippen molar-refractivity contribution >= 4 is 17.5 Å². The Kier molecular flexibility index (Phi) is 4.18. The Labute approximate surface area is 120 Å². The van der Waals surface area contributed by atoms with Crippen LogP contribution in [0.15, 0.2) is 48.5 Å². The molecule has 2 rings (SSSR count). The van der Waals surface area contributed by atoms with Gasteiger partial charge >= 0.3 is 0 Å². The van der Waals surface area contributed by atoms with E-state index in [4.69, 9.17) is 11.5 Å². The topological polar surface area (TPSA) is 98.2 Å². The second-order valence-corrected chi connectivity index (χ2v) is 4.47. The highest BCUT2D eigenvalue weighted by Crippen LogP contribution is 2.20. The van der Waals surface area contributed by atoms with Gasteiger partial charge in [0.1, 0.15) is 11.9 Å². The lowest BCUT2D eigenvalue weighted by Gasteiger charge is -2.17. The smallest absolute Gasteiger partial charge is 0.248 e. The van der Waals surface area contributed by atoms with Gasteiger partial charge < -0.3 is 16.8 Å². The van der Waals surface area contributed by atoms with Gasteiger partial charge in [-0.3, -0.25) is 9.59 Å². The first-order chi connectivity index (χ1) is 9.97. The summed E-state index contributed by atoms with van der Waals surface area (Å²) in [5, 5.41) is 2.93. The molecular formula is C15H14FN3O2. The number of anilines is 1. The summed E-state index contributed by atoms with van der Waals surface area (Å²) in [7, 11) is 0. The fraction of sp³-hybridized carbons (Fsp3) is 0.0667. The fourth-order valence-corrected chi connectivity index (χ4v) is 1.87. The van der Waals surface area contributed by atoms with Crippen LogP contribution in [0, 0.1) is 5.82 Å². The minimum Gasteiger partial charge on any atom is -0.370 e. The minimum atomic E-state index is -0.801. The Morgan fingerprint density at radius 3 is 2.00 bits per heavy atom. The maximum absolute atomic E-state index is 12.9. The largest absolute Gasteiger partial charge is 0.370 e. The van der Waals surface area contributed by atoms with Crippen LogP contribution in [0.2, 0.25) is 0 Å². The predicted molar refractivity (Wildman–Crippen MR) is 76.9 cm³/mol. The summed E-state index contributed by atoms with van der Waals surface area (Å²) in [4.78, 5) is 22.5. The van der Waals surface area contributed by atoms with Gasteiger partial charge in [-0.15, -0.1) is 0 Å². The zero-order chi connectivity index (χ0) is 15.4. The summed E-state index contributed by atoms with van der Waals surface area (Å²) >= 11 is 0. The molecule has 2 amide bonds. The van der Waals surface area contributed by atoms with Crippen molar-refractivity contribution in [3.8, 4) is 0 Å². The molecule has 0 aromatic heterocycles. The first-order valence-corrected chi connectivity index (χ1v) is 6.18. The molecule has 0 heterocycles. The summed E-state index contributed by atoms with van der Waals surface area (Å²) < 4.78 is 12.9. The molecule has 0 fully saturated rings. The molecule has 0 saturated heterocycles. The van der Waals surface area contributed by atoms with Gasteiger partial charge in [0.2, 0.25) is 11.8 Å². The number of nitrogens with two attached hydrogens (primary N) is 2. The minimum absolute atomic E-state index is 0.359. The molecule has 0 radical (unpaired) electrons. The van der Waals surface area contributed by atoms with E-state index in [1.165, 1.54) is 36.4 Å². The lowest BCUT2D eigenvalue weighted by molar-refractivity contribution is -0.118. The van der Waals surface area contributed by atoms with Gasteiger partial charge in [0, 0.05) is 11.3 Å². The Bertz CT molecular complexity index is 654. The van der Waals surface area contributed by atoms with Crippen molar-refractivity contribution in [1.82, 2.24) is 0 Å². The molecule has 1 unspecified atom stereocenters. The molecule has 108 valence electrons. The zero-order valence-electron chi connectivity index (χ0n) is 11.0. The van der Waals surface area contributed by atoms with Crippen molar-refractivity contribution in [3.05, 3.63) is 65.5 Å². The highest BCUT2D eigenvalue weighted by atomic mass is 19.1. The number of carbonyl (C=O) groups is 2. The third-order valence-electron chi connectivity index (χ3n) is 2.97. The summed E-state index contributed by atoms with van der Waals surface area (Å²) in [6.45, 7) is 0. The standard InChI is InChI=1S/C15H14FN3O2/c16-11-5-1-9(2-6-11)13(15(18)21)19-12-7-3-10(4-8-12)14(17)20/h1-8,13,19H,(H2,17,20)(H2,18,21). The Morgan fingerprint density at radius 2 is 1.52 bits per heavy atom. The van der Waals surface area contributed by atoms with E-state index in [2.05, 4.69) is 5.32 Å².